The van der Waals surface area contributed by atoms with Crippen LogP contribution in [-0.4, -0.2) is 18.3 Å². The van der Waals surface area contributed by atoms with Gasteiger partial charge in [-0.15, -0.1) is 11.3 Å². The molecule has 1 aliphatic rings. The van der Waals surface area contributed by atoms with Crippen molar-refractivity contribution in [2.75, 3.05) is 0 Å². The Hall–Kier alpha value is -2.14. The van der Waals surface area contributed by atoms with Gasteiger partial charge >= 0.3 is 7.12 Å². The highest BCUT2D eigenvalue weighted by atomic mass is 32.1. The molecule has 28 heavy (non-hydrogen) atoms. The molecule has 0 spiro atoms. The van der Waals surface area contributed by atoms with Gasteiger partial charge in [0.1, 0.15) is 0 Å². The van der Waals surface area contributed by atoms with Crippen molar-refractivity contribution in [2.24, 2.45) is 0 Å². The highest BCUT2D eigenvalue weighted by molar-refractivity contribution is 7.27. The molecule has 5 rings (SSSR count). The second-order valence-corrected chi connectivity index (χ2v) is 9.18. The molecule has 0 unspecified atom stereocenters. The third-order valence-electron chi connectivity index (χ3n) is 5.83. The lowest BCUT2D eigenvalue weighted by molar-refractivity contribution is 0.00578. The Morgan fingerprint density at radius 3 is 2.29 bits per heavy atom. The highest BCUT2D eigenvalue weighted by Crippen LogP contribution is 2.39. The van der Waals surface area contributed by atoms with E-state index in [-0.39, 0.29) is 35.8 Å². The quantitative estimate of drug-likeness (QED) is 0.389. The second-order valence-electron chi connectivity index (χ2n) is 8.13. The Morgan fingerprint density at radius 2 is 1.57 bits per heavy atom. The molecule has 4 heteroatoms. The van der Waals surface area contributed by atoms with Gasteiger partial charge in [-0.25, -0.2) is 0 Å². The average Bonchev–Trinajstić information content (AvgIpc) is 3.23. The van der Waals surface area contributed by atoms with E-state index in [0.29, 0.717) is 5.56 Å². The first kappa shape index (κ1) is 13.2. The molecule has 0 radical (unpaired) electrons. The molecular weight excluding hydrogens is 363 g/mol. The van der Waals surface area contributed by atoms with E-state index in [0.717, 1.165) is 25.6 Å². The largest absolute Gasteiger partial charge is 0.496 e. The minimum absolute atomic E-state index is 0.195. The molecule has 3 aromatic carbocycles. The number of benzene rings is 3. The number of fused-ring (bicyclic) bond motifs is 3. The molecule has 140 valence electrons. The second kappa shape index (κ2) is 6.18. The summed E-state index contributed by atoms with van der Waals surface area (Å²) in [5, 5.41) is 2.12. The molecule has 0 atom stereocenters. The van der Waals surface area contributed by atoms with Gasteiger partial charge in [0.05, 0.1) is 18.1 Å². The van der Waals surface area contributed by atoms with Gasteiger partial charge in [0.25, 0.3) is 0 Å². The third kappa shape index (κ3) is 2.71. The topological polar surface area (TPSA) is 18.5 Å². The molecule has 2 nitrogen and oxygen atoms in total. The van der Waals surface area contributed by atoms with E-state index in [9.17, 15) is 0 Å². The van der Waals surface area contributed by atoms with Crippen LogP contribution in [0.15, 0.2) is 66.6 Å². The van der Waals surface area contributed by atoms with Crippen LogP contribution in [0.2, 0.25) is 0 Å². The lowest BCUT2D eigenvalue weighted by atomic mass is 9.78. The summed E-state index contributed by atoms with van der Waals surface area (Å²) in [4.78, 5) is 0. The lowest BCUT2D eigenvalue weighted by Gasteiger charge is -2.32. The Morgan fingerprint density at radius 1 is 0.857 bits per heavy atom. The smallest absolute Gasteiger partial charge is 0.399 e. The maximum Gasteiger partial charge on any atom is 0.496 e. The van der Waals surface area contributed by atoms with Crippen LogP contribution in [0.1, 0.15) is 34.5 Å². The molecule has 1 aromatic heterocycles. The lowest BCUT2D eigenvalue weighted by Crippen LogP contribution is -2.41. The van der Waals surface area contributed by atoms with Gasteiger partial charge in [-0.1, -0.05) is 60.5 Å². The Balaban J connectivity index is 1.68. The van der Waals surface area contributed by atoms with E-state index >= 15 is 0 Å². The zero-order valence-corrected chi connectivity index (χ0v) is 17.1. The van der Waals surface area contributed by atoms with Crippen LogP contribution in [0, 0.1) is 0 Å². The van der Waals surface area contributed by atoms with Crippen molar-refractivity contribution in [1.29, 1.82) is 0 Å². The summed E-state index contributed by atoms with van der Waals surface area (Å²) in [6, 6.07) is 10.3. The summed E-state index contributed by atoms with van der Waals surface area (Å²) in [5.41, 5.74) is 0.904. The first-order valence-electron chi connectivity index (χ1n) is 11.8. The molecule has 1 fully saturated rings. The summed E-state index contributed by atoms with van der Waals surface area (Å²) >= 11 is 1.59. The molecular formula is C24H23BO2S. The van der Waals surface area contributed by atoms with E-state index < -0.39 is 18.3 Å². The summed E-state index contributed by atoms with van der Waals surface area (Å²) in [7, 11) is -0.479. The number of thiophene rings is 1. The third-order valence-corrected chi connectivity index (χ3v) is 7.04. The van der Waals surface area contributed by atoms with Crippen LogP contribution in [0.4, 0.5) is 0 Å². The molecule has 0 N–H and O–H groups in total. The molecule has 0 bridgehead atoms. The first-order chi connectivity index (χ1) is 15.4. The van der Waals surface area contributed by atoms with Gasteiger partial charge in [-0.05, 0) is 50.3 Å². The number of hydrogen-bond acceptors (Lipinski definition) is 3. The minimum atomic E-state index is -0.479. The molecule has 1 aliphatic heterocycles. The summed E-state index contributed by atoms with van der Waals surface area (Å²) in [6.07, 6.45) is 0. The van der Waals surface area contributed by atoms with Gasteiger partial charge in [-0.2, -0.15) is 0 Å². The molecule has 2 heterocycles. The van der Waals surface area contributed by atoms with E-state index in [1.165, 1.54) is 0 Å². The van der Waals surface area contributed by atoms with Gasteiger partial charge in [-0.3, -0.25) is 0 Å². The fourth-order valence-electron chi connectivity index (χ4n) is 3.53. The Bertz CT molecular complexity index is 1400. The maximum absolute atomic E-state index is 8.31. The predicted octanol–water partition coefficient (Wildman–Crippen LogP) is 6.02. The van der Waals surface area contributed by atoms with Crippen LogP contribution in [-0.2, 0) is 9.31 Å². The normalized spacial score (nSPS) is 20.7. The number of hydrogen-bond donors (Lipinski definition) is 0. The Kier molecular flexibility index (Phi) is 2.90. The van der Waals surface area contributed by atoms with Gasteiger partial charge in [0.2, 0.25) is 0 Å². The number of rotatable bonds is 2. The zero-order chi connectivity index (χ0) is 23.9. The monoisotopic (exact) mass is 391 g/mol. The summed E-state index contributed by atoms with van der Waals surface area (Å²) in [6.45, 7) is 8.13. The highest BCUT2D eigenvalue weighted by Gasteiger charge is 2.52. The van der Waals surface area contributed by atoms with Crippen LogP contribution in [0.25, 0.3) is 31.3 Å². The van der Waals surface area contributed by atoms with Crippen molar-refractivity contribution in [3.63, 3.8) is 0 Å². The van der Waals surface area contributed by atoms with Crippen molar-refractivity contribution in [2.45, 2.75) is 38.9 Å². The predicted molar refractivity (Wildman–Crippen MR) is 120 cm³/mol. The summed E-state index contributed by atoms with van der Waals surface area (Å²) in [5.74, 6) is 0. The van der Waals surface area contributed by atoms with Crippen LogP contribution in [0.3, 0.4) is 0 Å². The van der Waals surface area contributed by atoms with Gasteiger partial charge in [0, 0.05) is 20.2 Å². The summed E-state index contributed by atoms with van der Waals surface area (Å²) < 4.78 is 55.1. The van der Waals surface area contributed by atoms with E-state index in [4.69, 9.17) is 16.2 Å². The van der Waals surface area contributed by atoms with Crippen LogP contribution in [0.5, 0.6) is 0 Å². The van der Waals surface area contributed by atoms with Crippen LogP contribution < -0.4 is 5.46 Å². The SMILES string of the molecule is [2H]c1c([2H])c([2H])c(-c2ccc3c(c2)sc2c(B4OC(C)(C)C(C)(C)O4)cccc23)c([2H])c1[2H]. The maximum atomic E-state index is 8.31. The molecule has 1 saturated heterocycles. The van der Waals surface area contributed by atoms with Crippen molar-refractivity contribution in [3.05, 3.63) is 66.6 Å². The first-order valence-corrected chi connectivity index (χ1v) is 10.1. The standard InChI is InChI=1S/C24H23BO2S/c1-23(2)24(3,4)27-25(26-23)20-12-8-11-19-18-14-13-17(15-21(18)28-22(19)20)16-9-6-5-7-10-16/h5-15H,1-4H3/i5D,6D,7D,9D,10D. The fourth-order valence-corrected chi connectivity index (χ4v) is 4.79. The van der Waals surface area contributed by atoms with E-state index in [1.807, 2.05) is 58.0 Å². The minimum Gasteiger partial charge on any atom is -0.399 e. The molecule has 4 aromatic rings. The zero-order valence-electron chi connectivity index (χ0n) is 21.3. The van der Waals surface area contributed by atoms with Gasteiger partial charge in [0.15, 0.2) is 0 Å². The van der Waals surface area contributed by atoms with Crippen LogP contribution >= 0.6 is 11.3 Å². The Labute approximate surface area is 177 Å². The fraction of sp³-hybridized carbons (Fsp3) is 0.250. The van der Waals surface area contributed by atoms with E-state index in [1.54, 1.807) is 11.3 Å². The van der Waals surface area contributed by atoms with Crippen molar-refractivity contribution >= 4 is 44.1 Å². The molecule has 0 saturated carbocycles. The molecule has 0 aliphatic carbocycles. The van der Waals surface area contributed by atoms with Crippen molar-refractivity contribution < 1.29 is 16.2 Å². The van der Waals surface area contributed by atoms with Crippen molar-refractivity contribution in [3.8, 4) is 11.1 Å². The molecule has 0 amide bonds. The average molecular weight is 391 g/mol. The van der Waals surface area contributed by atoms with Gasteiger partial charge < -0.3 is 9.31 Å². The van der Waals surface area contributed by atoms with Crippen molar-refractivity contribution in [1.82, 2.24) is 0 Å². The van der Waals surface area contributed by atoms with E-state index in [2.05, 4.69) is 6.07 Å².